The van der Waals surface area contributed by atoms with Crippen LogP contribution in [-0.2, 0) is 23.8 Å². The Morgan fingerprint density at radius 3 is 2.32 bits per heavy atom. The van der Waals surface area contributed by atoms with Crippen molar-refractivity contribution < 1.29 is 23.8 Å². The molecule has 0 spiro atoms. The molecule has 0 aliphatic carbocycles. The van der Waals surface area contributed by atoms with Crippen LogP contribution in [0.2, 0.25) is 19.6 Å². The number of hydrogen-bond donors (Lipinski definition) is 1. The van der Waals surface area contributed by atoms with Gasteiger partial charge in [-0.2, -0.15) is 4.98 Å². The number of nitrogens with zero attached hydrogens (tertiary/aromatic N) is 2. The number of rotatable bonds is 3. The van der Waals surface area contributed by atoms with Crippen LogP contribution in [0.5, 0.6) is 0 Å². The number of carbonyl (C=O) groups excluding carboxylic acids is 2. The first kappa shape index (κ1) is 21.7. The highest BCUT2D eigenvalue weighted by Crippen LogP contribution is 2.33. The van der Waals surface area contributed by atoms with Gasteiger partial charge in [0.2, 0.25) is 0 Å². The molecule has 1 aromatic rings. The molecule has 1 fully saturated rings. The molecule has 2 N–H and O–H groups in total. The Bertz CT molecular complexity index is 895. The van der Waals surface area contributed by atoms with E-state index in [1.807, 2.05) is 0 Å². The van der Waals surface area contributed by atoms with Gasteiger partial charge in [0.25, 0.3) is 0 Å². The van der Waals surface area contributed by atoms with Crippen LogP contribution in [0.3, 0.4) is 0 Å². The predicted molar refractivity (Wildman–Crippen MR) is 104 cm³/mol. The fraction of sp³-hybridized carbons (Fsp3) is 0.556. The number of anilines is 1. The van der Waals surface area contributed by atoms with Crippen molar-refractivity contribution in [3.8, 4) is 11.5 Å². The molecule has 4 atom stereocenters. The van der Waals surface area contributed by atoms with Crippen molar-refractivity contribution in [2.75, 3.05) is 5.73 Å². The van der Waals surface area contributed by atoms with Crippen LogP contribution in [0.1, 0.15) is 32.6 Å². The highest BCUT2D eigenvalue weighted by molar-refractivity contribution is 6.83. The molecule has 0 amide bonds. The van der Waals surface area contributed by atoms with E-state index in [0.29, 0.717) is 5.56 Å². The molecule has 1 aliphatic heterocycles. The lowest BCUT2D eigenvalue weighted by Gasteiger charge is -2.23. The smallest absolute Gasteiger partial charge is 0.351 e. The highest BCUT2D eigenvalue weighted by Gasteiger charge is 2.48. The van der Waals surface area contributed by atoms with Crippen molar-refractivity contribution in [1.82, 2.24) is 9.55 Å². The maximum Gasteiger partial charge on any atom is 0.351 e. The summed E-state index contributed by atoms with van der Waals surface area (Å²) in [6, 6.07) is 0. The Hall–Kier alpha value is -2.64. The van der Waals surface area contributed by atoms with Crippen molar-refractivity contribution in [1.29, 1.82) is 0 Å². The standard InChI is InChI=1S/C18H25N3O6Si/c1-10-14(26-11(2)22)15(27-12(3)23)17(25-10)21-9-13(7-8-28(4,5)6)16(19)20-18(21)24/h9-10,14-15,17H,1-6H3,(H2,19,20,24)/t10-,14?,15?,17-/m1/s1. The molecule has 1 aliphatic rings. The SMILES string of the molecule is CC(=O)OC1C(OC(C)=O)[C@@H](C)O[C@H]1n1cc(C#C[Si](C)(C)C)c(N)nc1=O. The van der Waals surface area contributed by atoms with Gasteiger partial charge < -0.3 is 19.9 Å². The van der Waals surface area contributed by atoms with Crippen LogP contribution >= 0.6 is 0 Å². The molecule has 28 heavy (non-hydrogen) atoms. The molecule has 2 heterocycles. The number of esters is 2. The van der Waals surface area contributed by atoms with Crippen molar-refractivity contribution in [2.45, 2.75) is 65.0 Å². The largest absolute Gasteiger partial charge is 0.456 e. The topological polar surface area (TPSA) is 123 Å². The number of aromatic nitrogens is 2. The van der Waals surface area contributed by atoms with E-state index in [4.69, 9.17) is 19.9 Å². The van der Waals surface area contributed by atoms with Crippen LogP contribution < -0.4 is 11.4 Å². The fourth-order valence-corrected chi connectivity index (χ4v) is 3.22. The van der Waals surface area contributed by atoms with E-state index in [2.05, 4.69) is 36.1 Å². The van der Waals surface area contributed by atoms with E-state index in [1.165, 1.54) is 20.0 Å². The second kappa shape index (κ2) is 8.16. The maximum absolute atomic E-state index is 12.5. The summed E-state index contributed by atoms with van der Waals surface area (Å²) in [5, 5.41) is 0. The minimum atomic E-state index is -1.69. The Morgan fingerprint density at radius 1 is 1.21 bits per heavy atom. The molecule has 1 aromatic heterocycles. The summed E-state index contributed by atoms with van der Waals surface area (Å²) in [7, 11) is -1.69. The van der Waals surface area contributed by atoms with Gasteiger partial charge in [0.15, 0.2) is 18.4 Å². The molecule has 152 valence electrons. The van der Waals surface area contributed by atoms with Gasteiger partial charge in [0, 0.05) is 20.0 Å². The van der Waals surface area contributed by atoms with E-state index in [0.717, 1.165) is 4.57 Å². The third-order valence-corrected chi connectivity index (χ3v) is 4.73. The van der Waals surface area contributed by atoms with Crippen LogP contribution in [0.4, 0.5) is 5.82 Å². The first-order chi connectivity index (χ1) is 12.9. The summed E-state index contributed by atoms with van der Waals surface area (Å²) in [5.41, 5.74) is 8.69. The molecule has 9 nitrogen and oxygen atoms in total. The number of nitrogen functional groups attached to an aromatic ring is 1. The van der Waals surface area contributed by atoms with Crippen LogP contribution in [0.15, 0.2) is 11.0 Å². The molecule has 10 heteroatoms. The number of carbonyl (C=O) groups is 2. The van der Waals surface area contributed by atoms with Crippen LogP contribution in [-0.4, -0.2) is 47.9 Å². The quantitative estimate of drug-likeness (QED) is 0.444. The molecular formula is C18H25N3O6Si. The summed E-state index contributed by atoms with van der Waals surface area (Å²) >= 11 is 0. The zero-order chi connectivity index (χ0) is 21.2. The highest BCUT2D eigenvalue weighted by atomic mass is 28.3. The lowest BCUT2D eigenvalue weighted by atomic mass is 10.1. The third-order valence-electron chi connectivity index (χ3n) is 3.85. The molecule has 0 saturated carbocycles. The number of ether oxygens (including phenoxy) is 3. The first-order valence-electron chi connectivity index (χ1n) is 8.81. The van der Waals surface area contributed by atoms with Gasteiger partial charge in [-0.3, -0.25) is 14.2 Å². The fourth-order valence-electron chi connectivity index (χ4n) is 2.71. The average molecular weight is 407 g/mol. The second-order valence-electron chi connectivity index (χ2n) is 7.61. The summed E-state index contributed by atoms with van der Waals surface area (Å²) in [5.74, 6) is 1.83. The van der Waals surface area contributed by atoms with Crippen molar-refractivity contribution >= 4 is 25.8 Å². The number of hydrogen-bond acceptors (Lipinski definition) is 8. The van der Waals surface area contributed by atoms with Crippen molar-refractivity contribution in [3.63, 3.8) is 0 Å². The zero-order valence-corrected chi connectivity index (χ0v) is 17.8. The van der Waals surface area contributed by atoms with Crippen molar-refractivity contribution in [3.05, 3.63) is 22.2 Å². The predicted octanol–water partition coefficient (Wildman–Crippen LogP) is 0.835. The van der Waals surface area contributed by atoms with Gasteiger partial charge in [-0.1, -0.05) is 25.6 Å². The lowest BCUT2D eigenvalue weighted by molar-refractivity contribution is -0.165. The van der Waals surface area contributed by atoms with Gasteiger partial charge >= 0.3 is 17.6 Å². The minimum absolute atomic E-state index is 0.0126. The average Bonchev–Trinajstić information content (AvgIpc) is 2.81. The van der Waals surface area contributed by atoms with Gasteiger partial charge in [0.05, 0.1) is 11.7 Å². The Labute approximate surface area is 164 Å². The minimum Gasteiger partial charge on any atom is -0.456 e. The Kier molecular flexibility index (Phi) is 6.31. The molecule has 0 radical (unpaired) electrons. The van der Waals surface area contributed by atoms with Crippen molar-refractivity contribution in [2.24, 2.45) is 0 Å². The second-order valence-corrected chi connectivity index (χ2v) is 12.4. The van der Waals surface area contributed by atoms with Gasteiger partial charge in [-0.25, -0.2) is 4.79 Å². The first-order valence-corrected chi connectivity index (χ1v) is 12.3. The third kappa shape index (κ3) is 5.21. The summed E-state index contributed by atoms with van der Waals surface area (Å²) in [4.78, 5) is 39.3. The molecule has 1 saturated heterocycles. The monoisotopic (exact) mass is 407 g/mol. The van der Waals surface area contributed by atoms with Gasteiger partial charge in [-0.15, -0.1) is 5.54 Å². The van der Waals surface area contributed by atoms with Crippen LogP contribution in [0.25, 0.3) is 0 Å². The summed E-state index contributed by atoms with van der Waals surface area (Å²) < 4.78 is 17.5. The van der Waals surface area contributed by atoms with E-state index in [-0.39, 0.29) is 5.82 Å². The normalized spacial score (nSPS) is 24.2. The van der Waals surface area contributed by atoms with E-state index >= 15 is 0 Å². The van der Waals surface area contributed by atoms with E-state index < -0.39 is 50.2 Å². The lowest BCUT2D eigenvalue weighted by Crippen LogP contribution is -2.40. The van der Waals surface area contributed by atoms with Crippen LogP contribution in [0, 0.1) is 11.5 Å². The number of nitrogens with two attached hydrogens (primary N) is 1. The maximum atomic E-state index is 12.5. The van der Waals surface area contributed by atoms with Gasteiger partial charge in [0.1, 0.15) is 13.9 Å². The molecule has 0 bridgehead atoms. The summed E-state index contributed by atoms with van der Waals surface area (Å²) in [6.07, 6.45) is -2.10. The molecule has 0 aromatic carbocycles. The summed E-state index contributed by atoms with van der Waals surface area (Å²) in [6.45, 7) is 10.3. The van der Waals surface area contributed by atoms with Gasteiger partial charge in [-0.05, 0) is 6.92 Å². The van der Waals surface area contributed by atoms with E-state index in [1.54, 1.807) is 6.92 Å². The Balaban J connectivity index is 2.51. The molecule has 2 unspecified atom stereocenters. The zero-order valence-electron chi connectivity index (χ0n) is 16.8. The molecular weight excluding hydrogens is 382 g/mol. The molecule has 2 rings (SSSR count). The Morgan fingerprint density at radius 2 is 1.79 bits per heavy atom. The van der Waals surface area contributed by atoms with E-state index in [9.17, 15) is 14.4 Å².